The van der Waals surface area contributed by atoms with Crippen LogP contribution in [0.25, 0.3) is 0 Å². The summed E-state index contributed by atoms with van der Waals surface area (Å²) in [7, 11) is 0. The maximum Gasteiger partial charge on any atom is 0.408 e. The van der Waals surface area contributed by atoms with Crippen LogP contribution in [0.15, 0.2) is 0 Å². The molecule has 0 aliphatic carbocycles. The number of likely N-dealkylation sites (tertiary alicyclic amines) is 1. The van der Waals surface area contributed by atoms with Crippen molar-refractivity contribution in [2.75, 3.05) is 6.54 Å². The van der Waals surface area contributed by atoms with Gasteiger partial charge in [-0.3, -0.25) is 9.59 Å². The van der Waals surface area contributed by atoms with Gasteiger partial charge in [0.2, 0.25) is 12.2 Å². The Hall–Kier alpha value is -1.59. The summed E-state index contributed by atoms with van der Waals surface area (Å²) in [5, 5.41) is 2.48. The van der Waals surface area contributed by atoms with Gasteiger partial charge in [0.1, 0.15) is 11.6 Å². The van der Waals surface area contributed by atoms with Gasteiger partial charge in [-0.2, -0.15) is 0 Å². The van der Waals surface area contributed by atoms with E-state index in [0.29, 0.717) is 13.0 Å². The van der Waals surface area contributed by atoms with Crippen LogP contribution in [0.2, 0.25) is 0 Å². The molecule has 0 aromatic rings. The fourth-order valence-corrected chi connectivity index (χ4v) is 1.95. The Morgan fingerprint density at radius 1 is 1.42 bits per heavy atom. The van der Waals surface area contributed by atoms with Crippen LogP contribution in [-0.4, -0.2) is 47.4 Å². The molecule has 1 aliphatic rings. The monoisotopic (exact) mass is 269 g/mol. The number of amides is 2. The van der Waals surface area contributed by atoms with Crippen LogP contribution in [0.1, 0.15) is 40.5 Å². The molecule has 2 amide bonds. The molecule has 6 heteroatoms. The molecule has 0 spiro atoms. The van der Waals surface area contributed by atoms with Crippen molar-refractivity contribution < 1.29 is 19.1 Å². The average molecular weight is 269 g/mol. The summed E-state index contributed by atoms with van der Waals surface area (Å²) in [5.74, 6) is -0.281. The van der Waals surface area contributed by atoms with Crippen LogP contribution in [0, 0.1) is 0 Å². The first-order chi connectivity index (χ1) is 8.74. The second-order valence-electron chi connectivity index (χ2n) is 5.68. The normalized spacial score (nSPS) is 20.8. The van der Waals surface area contributed by atoms with Gasteiger partial charge in [0.15, 0.2) is 0 Å². The molecular weight excluding hydrogens is 248 g/mol. The minimum atomic E-state index is -0.719. The number of rotatable bonds is 3. The van der Waals surface area contributed by atoms with E-state index in [9.17, 15) is 14.4 Å². The summed E-state index contributed by atoms with van der Waals surface area (Å²) in [4.78, 5) is 35.8. The Kier molecular flexibility index (Phi) is 4.91. The Labute approximate surface area is 113 Å². The van der Waals surface area contributed by atoms with Crippen LogP contribution < -0.4 is 5.32 Å². The lowest BCUT2D eigenvalue weighted by molar-refractivity contribution is -0.132. The molecule has 2 atom stereocenters. The van der Waals surface area contributed by atoms with Crippen LogP contribution in [0.3, 0.4) is 0 Å². The van der Waals surface area contributed by atoms with E-state index < -0.39 is 23.8 Å². The number of hydrogen-bond acceptors (Lipinski definition) is 4. The van der Waals surface area contributed by atoms with Gasteiger partial charge in [0, 0.05) is 6.54 Å². The number of ether oxygens (including phenoxy) is 1. The Bertz CT molecular complexity index is 362. The topological polar surface area (TPSA) is 75.7 Å². The molecule has 0 saturated carbocycles. The first-order valence-electron chi connectivity index (χ1n) is 6.42. The fourth-order valence-electron chi connectivity index (χ4n) is 1.95. The molecule has 1 N–H and O–H groups in total. The fraction of sp³-hybridized carbons (Fsp3) is 0.769. The van der Waals surface area contributed by atoms with Gasteiger partial charge in [-0.15, -0.1) is 0 Å². The molecule has 1 aliphatic heterocycles. The van der Waals surface area contributed by atoms with Gasteiger partial charge in [0.05, 0.1) is 6.04 Å². The maximum atomic E-state index is 12.1. The van der Waals surface area contributed by atoms with Gasteiger partial charge in [-0.05, 0) is 40.5 Å². The zero-order valence-corrected chi connectivity index (χ0v) is 11.9. The average Bonchev–Trinajstić information content (AvgIpc) is 2.72. The molecule has 19 heavy (non-hydrogen) atoms. The number of alkyl carbamates (subject to hydrolysis) is 1. The van der Waals surface area contributed by atoms with Crippen molar-refractivity contribution in [3.8, 4) is 0 Å². The molecule has 6 nitrogen and oxygen atoms in total. The molecule has 1 fully saturated rings. The number of carbonyl (C=O) groups is 2. The summed E-state index contributed by atoms with van der Waals surface area (Å²) in [6.07, 6.45) is 2.63. The third kappa shape index (κ3) is 4.54. The number of nitrogens with zero attached hydrogens (tertiary/aromatic N) is 1. The van der Waals surface area contributed by atoms with E-state index in [1.165, 1.54) is 4.90 Å². The highest BCUT2D eigenvalue weighted by atomic mass is 16.6. The highest BCUT2D eigenvalue weighted by Gasteiger charge is 2.32. The first-order valence-corrected chi connectivity index (χ1v) is 6.42. The van der Waals surface area contributed by atoms with Crippen molar-refractivity contribution in [1.82, 2.24) is 10.2 Å². The summed E-state index contributed by atoms with van der Waals surface area (Å²) < 4.78 is 5.08. The lowest BCUT2D eigenvalue weighted by Crippen LogP contribution is -2.49. The minimum Gasteiger partial charge on any atom is -0.444 e. The summed E-state index contributed by atoms with van der Waals surface area (Å²) >= 11 is 0. The Morgan fingerprint density at radius 2 is 2.05 bits per heavy atom. The highest BCUT2D eigenvalue weighted by molar-refractivity contribution is 5.87. The van der Waals surface area contributed by atoms with Crippen LogP contribution in [0.4, 0.5) is 4.79 Å². The molecule has 1 radical (unpaired) electrons. The van der Waals surface area contributed by atoms with E-state index in [0.717, 1.165) is 6.42 Å². The van der Waals surface area contributed by atoms with Crippen molar-refractivity contribution in [3.63, 3.8) is 0 Å². The number of nitrogens with one attached hydrogen (secondary N) is 1. The Balaban J connectivity index is 2.53. The van der Waals surface area contributed by atoms with E-state index in [2.05, 4.69) is 5.32 Å². The largest absolute Gasteiger partial charge is 0.444 e. The molecule has 0 aromatic heterocycles. The van der Waals surface area contributed by atoms with Crippen LogP contribution in [-0.2, 0) is 14.3 Å². The molecule has 1 rings (SSSR count). The van der Waals surface area contributed by atoms with E-state index in [1.54, 1.807) is 27.7 Å². The third-order valence-electron chi connectivity index (χ3n) is 2.78. The van der Waals surface area contributed by atoms with E-state index in [1.807, 2.05) is 6.29 Å². The standard InChI is InChI=1S/C13H21N2O4/c1-9(14-12(18)19-13(2,3)4)11(17)15-7-5-6-10(15)8-16/h9-10H,5-7H2,1-4H3,(H,14,18). The first kappa shape index (κ1) is 15.5. The van der Waals surface area contributed by atoms with E-state index >= 15 is 0 Å². The SMILES string of the molecule is CC(NC(=O)OC(C)(C)C)C(=O)N1CCCC1[C]=O. The van der Waals surface area contributed by atoms with E-state index in [4.69, 9.17) is 4.74 Å². The molecular formula is C13H21N2O4. The molecule has 1 heterocycles. The maximum absolute atomic E-state index is 12.1. The lowest BCUT2D eigenvalue weighted by Gasteiger charge is -2.25. The Morgan fingerprint density at radius 3 is 2.58 bits per heavy atom. The van der Waals surface area contributed by atoms with E-state index in [-0.39, 0.29) is 5.91 Å². The zero-order valence-electron chi connectivity index (χ0n) is 11.9. The summed E-state index contributed by atoms with van der Waals surface area (Å²) in [6, 6.07) is -1.21. The van der Waals surface area contributed by atoms with Crippen LogP contribution in [0.5, 0.6) is 0 Å². The summed E-state index contributed by atoms with van der Waals surface area (Å²) in [5.41, 5.74) is -0.612. The zero-order chi connectivity index (χ0) is 14.6. The van der Waals surface area contributed by atoms with Crippen molar-refractivity contribution >= 4 is 18.3 Å². The molecule has 2 unspecified atom stereocenters. The van der Waals surface area contributed by atoms with Crippen molar-refractivity contribution in [2.45, 2.75) is 58.2 Å². The minimum absolute atomic E-state index is 0.281. The highest BCUT2D eigenvalue weighted by Crippen LogP contribution is 2.16. The van der Waals surface area contributed by atoms with Gasteiger partial charge < -0.3 is 15.0 Å². The van der Waals surface area contributed by atoms with Crippen molar-refractivity contribution in [2.24, 2.45) is 0 Å². The predicted octanol–water partition coefficient (Wildman–Crippen LogP) is 1.00. The lowest BCUT2D eigenvalue weighted by atomic mass is 10.2. The summed E-state index contributed by atoms with van der Waals surface area (Å²) in [6.45, 7) is 7.34. The number of carbonyl (C=O) groups excluding carboxylic acids is 3. The van der Waals surface area contributed by atoms with Gasteiger partial charge >= 0.3 is 6.09 Å². The van der Waals surface area contributed by atoms with Gasteiger partial charge in [0.25, 0.3) is 0 Å². The van der Waals surface area contributed by atoms with Gasteiger partial charge in [-0.1, -0.05) is 0 Å². The predicted molar refractivity (Wildman–Crippen MR) is 69.3 cm³/mol. The third-order valence-corrected chi connectivity index (χ3v) is 2.78. The van der Waals surface area contributed by atoms with Gasteiger partial charge in [-0.25, -0.2) is 4.79 Å². The second-order valence-corrected chi connectivity index (χ2v) is 5.68. The van der Waals surface area contributed by atoms with Crippen molar-refractivity contribution in [3.05, 3.63) is 0 Å². The second kappa shape index (κ2) is 6.04. The van der Waals surface area contributed by atoms with Crippen LogP contribution >= 0.6 is 0 Å². The molecule has 0 bridgehead atoms. The molecule has 0 aromatic carbocycles. The van der Waals surface area contributed by atoms with Crippen molar-refractivity contribution in [1.29, 1.82) is 0 Å². The molecule has 1 saturated heterocycles. The number of hydrogen-bond donors (Lipinski definition) is 1. The smallest absolute Gasteiger partial charge is 0.408 e. The quantitative estimate of drug-likeness (QED) is 0.829. The molecule has 107 valence electrons.